The van der Waals surface area contributed by atoms with Gasteiger partial charge in [-0.2, -0.15) is 0 Å². The molecule has 0 amide bonds. The maximum Gasteiger partial charge on any atom is 0.239 e. The zero-order chi connectivity index (χ0) is 13.8. The summed E-state index contributed by atoms with van der Waals surface area (Å²) in [5.41, 5.74) is 0.838. The lowest BCUT2D eigenvalue weighted by Crippen LogP contribution is -2.08. The normalized spacial score (nSPS) is 14.3. The molecule has 0 aliphatic carbocycles. The van der Waals surface area contributed by atoms with E-state index in [2.05, 4.69) is 15.2 Å². The number of halogens is 1. The first-order valence-electron chi connectivity index (χ1n) is 6.23. The van der Waals surface area contributed by atoms with Crippen molar-refractivity contribution in [3.63, 3.8) is 0 Å². The number of H-pyrrole nitrogens is 1. The molecule has 6 heteroatoms. The lowest BCUT2D eigenvalue weighted by atomic mass is 10.1. The lowest BCUT2D eigenvalue weighted by molar-refractivity contribution is 0.625. The largest absolute Gasteiger partial charge is 0.262 e. The summed E-state index contributed by atoms with van der Waals surface area (Å²) in [6, 6.07) is 6.08. The van der Waals surface area contributed by atoms with E-state index in [0.29, 0.717) is 11.6 Å². The number of aryl methyl sites for hydroxylation is 1. The Labute approximate surface area is 113 Å². The van der Waals surface area contributed by atoms with Gasteiger partial charge in [0.2, 0.25) is 5.16 Å². The summed E-state index contributed by atoms with van der Waals surface area (Å²) in [6.45, 7) is 3.89. The Balaban J connectivity index is 2.26. The van der Waals surface area contributed by atoms with Crippen LogP contribution in [-0.2, 0) is 17.2 Å². The Bertz CT molecular complexity index is 568. The summed E-state index contributed by atoms with van der Waals surface area (Å²) in [7, 11) is -1.34. The quantitative estimate of drug-likeness (QED) is 0.916. The third-order valence-electron chi connectivity index (χ3n) is 2.90. The van der Waals surface area contributed by atoms with Gasteiger partial charge in [-0.05, 0) is 24.1 Å². The van der Waals surface area contributed by atoms with E-state index in [0.717, 1.165) is 17.8 Å². The summed E-state index contributed by atoms with van der Waals surface area (Å²) in [4.78, 5) is 4.20. The zero-order valence-electron chi connectivity index (χ0n) is 10.9. The average Bonchev–Trinajstić information content (AvgIpc) is 2.90. The molecule has 0 radical (unpaired) electrons. The molecule has 0 spiro atoms. The number of aromatic amines is 1. The second-order valence-corrected chi connectivity index (χ2v) is 5.69. The maximum atomic E-state index is 12.9. The molecule has 0 aliphatic heterocycles. The molecule has 0 saturated carbocycles. The summed E-state index contributed by atoms with van der Waals surface area (Å²) in [5, 5.41) is 6.84. The first-order valence-corrected chi connectivity index (χ1v) is 7.44. The molecule has 19 heavy (non-hydrogen) atoms. The van der Waals surface area contributed by atoms with Crippen LogP contribution in [0.5, 0.6) is 0 Å². The second kappa shape index (κ2) is 6.06. The molecule has 4 nitrogen and oxygen atoms in total. The molecule has 0 aliphatic rings. The molecule has 2 unspecified atom stereocenters. The summed E-state index contributed by atoms with van der Waals surface area (Å²) in [6.07, 6.45) is 1.39. The van der Waals surface area contributed by atoms with Crippen LogP contribution in [0.4, 0.5) is 4.39 Å². The standard InChI is InChI=1S/C13H16FN3OS/c1-3-11(9-5-7-10(14)8-6-9)19(18)13-15-12(4-2)16-17-13/h5-8,11H,3-4H2,1-2H3,(H,15,16,17). The number of hydrogen-bond donors (Lipinski definition) is 1. The third kappa shape index (κ3) is 3.07. The lowest BCUT2D eigenvalue weighted by Gasteiger charge is -2.12. The van der Waals surface area contributed by atoms with E-state index in [-0.39, 0.29) is 11.1 Å². The van der Waals surface area contributed by atoms with Crippen molar-refractivity contribution in [3.05, 3.63) is 41.5 Å². The number of benzene rings is 1. The number of aromatic nitrogens is 3. The van der Waals surface area contributed by atoms with Crippen LogP contribution >= 0.6 is 0 Å². The van der Waals surface area contributed by atoms with Crippen LogP contribution in [0.3, 0.4) is 0 Å². The fourth-order valence-electron chi connectivity index (χ4n) is 1.84. The third-order valence-corrected chi connectivity index (χ3v) is 4.56. The first kappa shape index (κ1) is 13.9. The van der Waals surface area contributed by atoms with Crippen LogP contribution in [0.1, 0.15) is 36.9 Å². The van der Waals surface area contributed by atoms with Crippen molar-refractivity contribution in [2.75, 3.05) is 0 Å². The Morgan fingerprint density at radius 3 is 2.53 bits per heavy atom. The highest BCUT2D eigenvalue weighted by Gasteiger charge is 2.22. The van der Waals surface area contributed by atoms with Gasteiger partial charge in [-0.1, -0.05) is 26.0 Å². The smallest absolute Gasteiger partial charge is 0.239 e. The minimum Gasteiger partial charge on any atom is -0.262 e. The number of nitrogens with one attached hydrogen (secondary N) is 1. The molecular weight excluding hydrogens is 265 g/mol. The van der Waals surface area contributed by atoms with Crippen molar-refractivity contribution in [3.8, 4) is 0 Å². The van der Waals surface area contributed by atoms with E-state index in [1.807, 2.05) is 13.8 Å². The topological polar surface area (TPSA) is 58.6 Å². The van der Waals surface area contributed by atoms with Crippen molar-refractivity contribution < 1.29 is 8.60 Å². The van der Waals surface area contributed by atoms with Crippen LogP contribution in [0.2, 0.25) is 0 Å². The van der Waals surface area contributed by atoms with Crippen molar-refractivity contribution in [1.82, 2.24) is 15.2 Å². The van der Waals surface area contributed by atoms with E-state index < -0.39 is 10.8 Å². The highest BCUT2D eigenvalue weighted by molar-refractivity contribution is 7.85. The van der Waals surface area contributed by atoms with Gasteiger partial charge >= 0.3 is 0 Å². The van der Waals surface area contributed by atoms with Gasteiger partial charge in [0.15, 0.2) is 0 Å². The first-order chi connectivity index (χ1) is 9.15. The molecule has 0 saturated heterocycles. The maximum absolute atomic E-state index is 12.9. The molecule has 102 valence electrons. The summed E-state index contributed by atoms with van der Waals surface area (Å²) >= 11 is 0. The van der Waals surface area contributed by atoms with Gasteiger partial charge in [0.1, 0.15) is 22.4 Å². The van der Waals surface area contributed by atoms with Crippen LogP contribution in [0.25, 0.3) is 0 Å². The summed E-state index contributed by atoms with van der Waals surface area (Å²) < 4.78 is 25.4. The molecule has 2 atom stereocenters. The van der Waals surface area contributed by atoms with Gasteiger partial charge in [-0.25, -0.2) is 9.37 Å². The molecule has 1 N–H and O–H groups in total. The van der Waals surface area contributed by atoms with Crippen LogP contribution < -0.4 is 0 Å². The van der Waals surface area contributed by atoms with Crippen molar-refractivity contribution >= 4 is 10.8 Å². The van der Waals surface area contributed by atoms with Gasteiger partial charge < -0.3 is 0 Å². The number of rotatable bonds is 5. The van der Waals surface area contributed by atoms with Gasteiger partial charge in [0.05, 0.1) is 5.25 Å². The van der Waals surface area contributed by atoms with Gasteiger partial charge in [0, 0.05) is 6.42 Å². The van der Waals surface area contributed by atoms with Crippen molar-refractivity contribution in [1.29, 1.82) is 0 Å². The highest BCUT2D eigenvalue weighted by Crippen LogP contribution is 2.26. The van der Waals surface area contributed by atoms with E-state index >= 15 is 0 Å². The van der Waals surface area contributed by atoms with Crippen LogP contribution in [0, 0.1) is 5.82 Å². The Hall–Kier alpha value is -1.56. The minimum absolute atomic E-state index is 0.221. The van der Waals surface area contributed by atoms with Gasteiger partial charge in [0.25, 0.3) is 0 Å². The second-order valence-electron chi connectivity index (χ2n) is 4.16. The molecule has 2 aromatic rings. The van der Waals surface area contributed by atoms with E-state index in [9.17, 15) is 8.60 Å². The molecule has 2 rings (SSSR count). The van der Waals surface area contributed by atoms with Crippen molar-refractivity contribution in [2.45, 2.75) is 37.1 Å². The predicted octanol–water partition coefficient (Wildman–Crippen LogP) is 2.77. The van der Waals surface area contributed by atoms with Crippen molar-refractivity contribution in [2.24, 2.45) is 0 Å². The fourth-order valence-corrected chi connectivity index (χ4v) is 3.14. The Morgan fingerprint density at radius 1 is 1.32 bits per heavy atom. The molecule has 1 aromatic carbocycles. The van der Waals surface area contributed by atoms with Gasteiger partial charge in [-0.15, -0.1) is 5.10 Å². The van der Waals surface area contributed by atoms with Gasteiger partial charge in [-0.3, -0.25) is 9.31 Å². The monoisotopic (exact) mass is 281 g/mol. The zero-order valence-corrected chi connectivity index (χ0v) is 11.7. The number of hydrogen-bond acceptors (Lipinski definition) is 3. The van der Waals surface area contributed by atoms with E-state index in [1.165, 1.54) is 12.1 Å². The Kier molecular flexibility index (Phi) is 4.42. The molecule has 0 fully saturated rings. The summed E-state index contributed by atoms with van der Waals surface area (Å²) in [5.74, 6) is 0.424. The van der Waals surface area contributed by atoms with E-state index in [4.69, 9.17) is 0 Å². The molecule has 0 bridgehead atoms. The fraction of sp³-hybridized carbons (Fsp3) is 0.385. The van der Waals surface area contributed by atoms with Crippen LogP contribution in [0.15, 0.2) is 29.4 Å². The predicted molar refractivity (Wildman–Crippen MR) is 71.6 cm³/mol. The van der Waals surface area contributed by atoms with Crippen LogP contribution in [-0.4, -0.2) is 19.4 Å². The Morgan fingerprint density at radius 2 is 2.00 bits per heavy atom. The molecule has 1 aromatic heterocycles. The number of nitrogens with zero attached hydrogens (tertiary/aromatic N) is 2. The van der Waals surface area contributed by atoms with E-state index in [1.54, 1.807) is 12.1 Å². The highest BCUT2D eigenvalue weighted by atomic mass is 32.2. The average molecular weight is 281 g/mol. The SMILES string of the molecule is CCc1nc(S(=O)C(CC)c2ccc(F)cc2)n[nH]1. The molecule has 1 heterocycles. The molecular formula is C13H16FN3OS. The minimum atomic E-state index is -1.34.